The zero-order chi connectivity index (χ0) is 15.5. The van der Waals surface area contributed by atoms with Crippen LogP contribution in [0.4, 0.5) is 17.6 Å². The summed E-state index contributed by atoms with van der Waals surface area (Å²) in [4.78, 5) is 11.2. The smallest absolute Gasteiger partial charge is 0.417 e. The minimum atomic E-state index is -4.62. The Morgan fingerprint density at radius 1 is 1.43 bits per heavy atom. The van der Waals surface area contributed by atoms with Crippen molar-refractivity contribution in [3.63, 3.8) is 0 Å². The van der Waals surface area contributed by atoms with Crippen LogP contribution in [0.3, 0.4) is 0 Å². The molecule has 0 saturated carbocycles. The van der Waals surface area contributed by atoms with Crippen LogP contribution in [0.1, 0.15) is 24.1 Å². The van der Waals surface area contributed by atoms with Gasteiger partial charge >= 0.3 is 12.1 Å². The number of hydrogen-bond acceptors (Lipinski definition) is 3. The number of halogens is 6. The van der Waals surface area contributed by atoms with Crippen LogP contribution in [-0.2, 0) is 15.7 Å². The largest absolute Gasteiger partial charge is 0.464 e. The minimum Gasteiger partial charge on any atom is -0.464 e. The summed E-state index contributed by atoms with van der Waals surface area (Å²) in [7, 11) is 0. The summed E-state index contributed by atoms with van der Waals surface area (Å²) < 4.78 is 55.6. The second-order valence-corrected chi connectivity index (χ2v) is 4.32. The topological polar surface area (TPSA) is 52.3 Å². The fraction of sp³-hybridized carbons (Fsp3) is 0.417. The van der Waals surface area contributed by atoms with Gasteiger partial charge in [-0.3, -0.25) is 0 Å². The van der Waals surface area contributed by atoms with Gasteiger partial charge in [0.1, 0.15) is 0 Å². The third-order valence-corrected chi connectivity index (χ3v) is 2.82. The Labute approximate surface area is 129 Å². The van der Waals surface area contributed by atoms with Crippen molar-refractivity contribution >= 4 is 30.0 Å². The molecule has 2 N–H and O–H groups in total. The van der Waals surface area contributed by atoms with Crippen molar-refractivity contribution in [3.8, 4) is 0 Å². The number of hydrogen-bond donors (Lipinski definition) is 1. The van der Waals surface area contributed by atoms with E-state index in [4.69, 9.17) is 17.3 Å². The molecular weight excluding hydrogens is 337 g/mol. The van der Waals surface area contributed by atoms with Gasteiger partial charge in [-0.05, 0) is 24.6 Å². The zero-order valence-electron chi connectivity index (χ0n) is 10.8. The molecule has 1 rings (SSSR count). The van der Waals surface area contributed by atoms with Crippen LogP contribution >= 0.6 is 24.0 Å². The Morgan fingerprint density at radius 3 is 2.43 bits per heavy atom. The molecule has 0 saturated heterocycles. The van der Waals surface area contributed by atoms with Crippen molar-refractivity contribution in [1.82, 2.24) is 0 Å². The van der Waals surface area contributed by atoms with Crippen molar-refractivity contribution in [2.75, 3.05) is 6.61 Å². The number of carbonyl (C=O) groups excluding carboxylic acids is 1. The van der Waals surface area contributed by atoms with Crippen molar-refractivity contribution in [2.45, 2.75) is 25.3 Å². The molecule has 0 heterocycles. The van der Waals surface area contributed by atoms with E-state index in [0.29, 0.717) is 6.07 Å². The summed E-state index contributed by atoms with van der Waals surface area (Å²) in [6.07, 6.45) is -6.79. The third kappa shape index (κ3) is 5.01. The standard InChI is InChI=1S/C12H12ClF4NO2.ClH/c1-2-20-11(19)9(14)10(18)6-3-4-7(8(13)5-6)12(15,16)17;/h3-5,9-10H,2,18H2,1H3;1H/t9?,10-;/m1./s1. The molecule has 0 radical (unpaired) electrons. The molecule has 0 amide bonds. The average Bonchev–Trinajstić information content (AvgIpc) is 2.35. The summed E-state index contributed by atoms with van der Waals surface area (Å²) in [5.74, 6) is -1.17. The fourth-order valence-corrected chi connectivity index (χ4v) is 1.80. The van der Waals surface area contributed by atoms with Gasteiger partial charge in [-0.25, -0.2) is 9.18 Å². The molecule has 0 spiro atoms. The highest BCUT2D eigenvalue weighted by molar-refractivity contribution is 6.31. The van der Waals surface area contributed by atoms with Gasteiger partial charge in [0.15, 0.2) is 0 Å². The van der Waals surface area contributed by atoms with E-state index in [-0.39, 0.29) is 24.6 Å². The Morgan fingerprint density at radius 2 is 2.00 bits per heavy atom. The third-order valence-electron chi connectivity index (χ3n) is 2.51. The van der Waals surface area contributed by atoms with Gasteiger partial charge in [0.05, 0.1) is 23.2 Å². The molecule has 0 aliphatic carbocycles. The number of esters is 1. The zero-order valence-corrected chi connectivity index (χ0v) is 12.4. The molecule has 0 aromatic heterocycles. The average molecular weight is 350 g/mol. The number of alkyl halides is 4. The van der Waals surface area contributed by atoms with Gasteiger partial charge in [-0.2, -0.15) is 13.2 Å². The molecule has 0 aliphatic rings. The number of carbonyl (C=O) groups is 1. The Balaban J connectivity index is 0.00000400. The first kappa shape index (κ1) is 19.9. The normalized spacial score (nSPS) is 14.0. The van der Waals surface area contributed by atoms with Crippen LogP contribution < -0.4 is 5.73 Å². The van der Waals surface area contributed by atoms with Gasteiger partial charge in [0.25, 0.3) is 0 Å². The van der Waals surface area contributed by atoms with Crippen molar-refractivity contribution in [3.05, 3.63) is 34.3 Å². The lowest BCUT2D eigenvalue weighted by molar-refractivity contribution is -0.150. The molecule has 0 aliphatic heterocycles. The van der Waals surface area contributed by atoms with Gasteiger partial charge in [-0.15, -0.1) is 12.4 Å². The summed E-state index contributed by atoms with van der Waals surface area (Å²) in [6.45, 7) is 1.46. The molecular formula is C12H13Cl2F4NO2. The lowest BCUT2D eigenvalue weighted by atomic mass is 10.0. The maximum atomic E-state index is 13.7. The lowest BCUT2D eigenvalue weighted by Gasteiger charge is -2.17. The number of nitrogens with two attached hydrogens (primary N) is 1. The number of benzene rings is 1. The molecule has 120 valence electrons. The summed E-state index contributed by atoms with van der Waals surface area (Å²) in [5.41, 5.74) is 4.40. The minimum absolute atomic E-state index is 0. The Hall–Kier alpha value is -1.05. The predicted molar refractivity (Wildman–Crippen MR) is 72.2 cm³/mol. The highest BCUT2D eigenvalue weighted by Crippen LogP contribution is 2.36. The maximum Gasteiger partial charge on any atom is 0.417 e. The van der Waals surface area contributed by atoms with Gasteiger partial charge in [-0.1, -0.05) is 17.7 Å². The predicted octanol–water partition coefficient (Wildman–Crippen LogP) is 3.68. The Kier molecular flexibility index (Phi) is 7.43. The Bertz CT molecular complexity index is 497. The van der Waals surface area contributed by atoms with E-state index >= 15 is 0 Å². The maximum absolute atomic E-state index is 13.7. The first-order chi connectivity index (χ1) is 9.18. The fourth-order valence-electron chi connectivity index (χ4n) is 1.51. The lowest BCUT2D eigenvalue weighted by Crippen LogP contribution is -2.31. The molecule has 21 heavy (non-hydrogen) atoms. The highest BCUT2D eigenvalue weighted by Gasteiger charge is 2.34. The molecule has 1 aromatic rings. The molecule has 0 bridgehead atoms. The molecule has 0 fully saturated rings. The quantitative estimate of drug-likeness (QED) is 0.666. The van der Waals surface area contributed by atoms with Crippen molar-refractivity contribution in [2.24, 2.45) is 5.73 Å². The first-order valence-corrected chi connectivity index (χ1v) is 5.99. The van der Waals surface area contributed by atoms with E-state index in [1.807, 2.05) is 0 Å². The highest BCUT2D eigenvalue weighted by atomic mass is 35.5. The summed E-state index contributed by atoms with van der Waals surface area (Å²) >= 11 is 5.49. The summed E-state index contributed by atoms with van der Waals surface area (Å²) in [5, 5.41) is -0.610. The van der Waals surface area contributed by atoms with Crippen LogP contribution in [0.15, 0.2) is 18.2 Å². The van der Waals surface area contributed by atoms with Crippen LogP contribution in [0.5, 0.6) is 0 Å². The molecule has 3 nitrogen and oxygen atoms in total. The second kappa shape index (κ2) is 7.82. The molecule has 1 unspecified atom stereocenters. The molecule has 2 atom stereocenters. The van der Waals surface area contributed by atoms with Gasteiger partial charge in [0.2, 0.25) is 6.17 Å². The van der Waals surface area contributed by atoms with Crippen LogP contribution in [0, 0.1) is 0 Å². The van der Waals surface area contributed by atoms with E-state index in [0.717, 1.165) is 12.1 Å². The van der Waals surface area contributed by atoms with Crippen LogP contribution in [-0.4, -0.2) is 18.7 Å². The summed E-state index contributed by atoms with van der Waals surface area (Å²) in [6, 6.07) is 1.11. The van der Waals surface area contributed by atoms with Crippen molar-refractivity contribution < 1.29 is 27.1 Å². The van der Waals surface area contributed by atoms with Crippen molar-refractivity contribution in [1.29, 1.82) is 0 Å². The van der Waals surface area contributed by atoms with E-state index in [1.54, 1.807) is 0 Å². The van der Waals surface area contributed by atoms with E-state index in [9.17, 15) is 22.4 Å². The van der Waals surface area contributed by atoms with Gasteiger partial charge in [0, 0.05) is 0 Å². The van der Waals surface area contributed by atoms with E-state index in [1.165, 1.54) is 6.92 Å². The SMILES string of the molecule is CCOC(=O)C(F)[C@H](N)c1ccc(C(F)(F)F)c(Cl)c1.Cl. The first-order valence-electron chi connectivity index (χ1n) is 5.61. The van der Waals surface area contributed by atoms with Gasteiger partial charge < -0.3 is 10.5 Å². The van der Waals surface area contributed by atoms with E-state index in [2.05, 4.69) is 4.74 Å². The van der Waals surface area contributed by atoms with E-state index < -0.39 is 34.9 Å². The second-order valence-electron chi connectivity index (χ2n) is 3.92. The number of ether oxygens (including phenoxy) is 1. The molecule has 1 aromatic carbocycles. The monoisotopic (exact) mass is 349 g/mol. The number of rotatable bonds is 4. The molecule has 9 heteroatoms. The van der Waals surface area contributed by atoms with Crippen LogP contribution in [0.25, 0.3) is 0 Å². The van der Waals surface area contributed by atoms with Crippen LogP contribution in [0.2, 0.25) is 5.02 Å².